The van der Waals surface area contributed by atoms with Crippen LogP contribution in [0.5, 0.6) is 0 Å². The zero-order valence-electron chi connectivity index (χ0n) is 12.5. The number of hydrogen-bond acceptors (Lipinski definition) is 4. The van der Waals surface area contributed by atoms with Crippen LogP contribution in [0.3, 0.4) is 0 Å². The molecule has 1 fully saturated rings. The standard InChI is InChI=1S/C18H18N2O2/c1-13-11-20(12-17(21-13)14-7-3-2-4-8-14)18-19-15-9-5-6-10-16(15)22-18/h2-10,13,17H,11-12H2,1H3. The molecule has 3 aromatic rings. The van der Waals surface area contributed by atoms with Gasteiger partial charge in [0, 0.05) is 6.54 Å². The van der Waals surface area contributed by atoms with Crippen LogP contribution in [-0.4, -0.2) is 24.2 Å². The van der Waals surface area contributed by atoms with Gasteiger partial charge in [0.15, 0.2) is 5.58 Å². The van der Waals surface area contributed by atoms with E-state index in [9.17, 15) is 0 Å². The van der Waals surface area contributed by atoms with Gasteiger partial charge in [-0.25, -0.2) is 0 Å². The molecular formula is C18H18N2O2. The van der Waals surface area contributed by atoms with Crippen LogP contribution in [0, 0.1) is 0 Å². The van der Waals surface area contributed by atoms with E-state index in [1.54, 1.807) is 0 Å². The third-order valence-electron chi connectivity index (χ3n) is 3.98. The van der Waals surface area contributed by atoms with Crippen LogP contribution in [0.4, 0.5) is 6.01 Å². The Morgan fingerprint density at radius 2 is 1.77 bits per heavy atom. The number of morpholine rings is 1. The van der Waals surface area contributed by atoms with Crippen LogP contribution in [0.25, 0.3) is 11.1 Å². The van der Waals surface area contributed by atoms with E-state index in [-0.39, 0.29) is 12.2 Å². The Morgan fingerprint density at radius 3 is 2.59 bits per heavy atom. The molecule has 22 heavy (non-hydrogen) atoms. The van der Waals surface area contributed by atoms with Crippen molar-refractivity contribution in [3.05, 3.63) is 60.2 Å². The van der Waals surface area contributed by atoms with Gasteiger partial charge in [0.1, 0.15) is 11.6 Å². The Balaban J connectivity index is 1.63. The van der Waals surface area contributed by atoms with Crippen molar-refractivity contribution in [3.8, 4) is 0 Å². The molecule has 1 saturated heterocycles. The first kappa shape index (κ1) is 13.3. The lowest BCUT2D eigenvalue weighted by molar-refractivity contribution is -0.0187. The number of aromatic nitrogens is 1. The smallest absolute Gasteiger partial charge is 0.298 e. The predicted molar refractivity (Wildman–Crippen MR) is 86.0 cm³/mol. The van der Waals surface area contributed by atoms with Gasteiger partial charge in [0.2, 0.25) is 0 Å². The maximum absolute atomic E-state index is 6.09. The third-order valence-corrected chi connectivity index (χ3v) is 3.98. The number of anilines is 1. The van der Waals surface area contributed by atoms with Crippen molar-refractivity contribution in [3.63, 3.8) is 0 Å². The van der Waals surface area contributed by atoms with Gasteiger partial charge in [0.25, 0.3) is 6.01 Å². The number of nitrogens with zero attached hydrogens (tertiary/aromatic N) is 2. The lowest BCUT2D eigenvalue weighted by Gasteiger charge is -2.36. The Labute approximate surface area is 129 Å². The first-order valence-corrected chi connectivity index (χ1v) is 7.60. The zero-order chi connectivity index (χ0) is 14.9. The molecule has 2 aromatic carbocycles. The van der Waals surface area contributed by atoms with Gasteiger partial charge in [-0.1, -0.05) is 42.5 Å². The summed E-state index contributed by atoms with van der Waals surface area (Å²) in [4.78, 5) is 6.78. The molecule has 0 bridgehead atoms. The van der Waals surface area contributed by atoms with E-state index in [2.05, 4.69) is 28.9 Å². The summed E-state index contributed by atoms with van der Waals surface area (Å²) in [5.74, 6) is 0. The van der Waals surface area contributed by atoms with Gasteiger partial charge in [-0.15, -0.1) is 0 Å². The van der Waals surface area contributed by atoms with E-state index in [4.69, 9.17) is 9.15 Å². The number of oxazole rings is 1. The Hall–Kier alpha value is -2.33. The highest BCUT2D eigenvalue weighted by Crippen LogP contribution is 2.30. The minimum Gasteiger partial charge on any atom is -0.423 e. The molecule has 4 rings (SSSR count). The van der Waals surface area contributed by atoms with Crippen molar-refractivity contribution in [1.29, 1.82) is 0 Å². The van der Waals surface area contributed by atoms with Crippen molar-refractivity contribution >= 4 is 17.1 Å². The molecule has 0 radical (unpaired) electrons. The van der Waals surface area contributed by atoms with E-state index >= 15 is 0 Å². The number of ether oxygens (including phenoxy) is 1. The Kier molecular flexibility index (Phi) is 3.31. The lowest BCUT2D eigenvalue weighted by Crippen LogP contribution is -2.43. The van der Waals surface area contributed by atoms with Crippen LogP contribution >= 0.6 is 0 Å². The third kappa shape index (κ3) is 2.46. The minimum absolute atomic E-state index is 0.0416. The Bertz CT molecular complexity index is 736. The number of benzene rings is 2. The molecule has 112 valence electrons. The summed E-state index contributed by atoms with van der Waals surface area (Å²) in [6, 6.07) is 18.9. The van der Waals surface area contributed by atoms with Crippen molar-refractivity contribution in [1.82, 2.24) is 4.98 Å². The summed E-state index contributed by atoms with van der Waals surface area (Å²) in [6.07, 6.45) is 0.175. The maximum Gasteiger partial charge on any atom is 0.298 e. The molecule has 2 unspecified atom stereocenters. The monoisotopic (exact) mass is 294 g/mol. The normalized spacial score (nSPS) is 22.1. The molecule has 2 heterocycles. The molecule has 4 heteroatoms. The van der Waals surface area contributed by atoms with Gasteiger partial charge >= 0.3 is 0 Å². The van der Waals surface area contributed by atoms with Crippen LogP contribution in [0.2, 0.25) is 0 Å². The van der Waals surface area contributed by atoms with Gasteiger partial charge in [-0.3, -0.25) is 0 Å². The fraction of sp³-hybridized carbons (Fsp3) is 0.278. The molecule has 0 N–H and O–H groups in total. The minimum atomic E-state index is 0.0416. The number of rotatable bonds is 2. The summed E-state index contributed by atoms with van der Waals surface area (Å²) in [5, 5.41) is 0. The molecule has 1 aliphatic rings. The molecule has 0 aliphatic carbocycles. The molecule has 1 aromatic heterocycles. The quantitative estimate of drug-likeness (QED) is 0.720. The number of fused-ring (bicyclic) bond motifs is 1. The van der Waals surface area contributed by atoms with E-state index in [1.807, 2.05) is 42.5 Å². The van der Waals surface area contributed by atoms with E-state index in [0.29, 0.717) is 6.01 Å². The second-order valence-electron chi connectivity index (χ2n) is 5.72. The van der Waals surface area contributed by atoms with Crippen LogP contribution in [0.1, 0.15) is 18.6 Å². The predicted octanol–water partition coefficient (Wildman–Crippen LogP) is 3.79. The zero-order valence-corrected chi connectivity index (χ0v) is 12.5. The largest absolute Gasteiger partial charge is 0.423 e. The lowest BCUT2D eigenvalue weighted by atomic mass is 10.1. The highest BCUT2D eigenvalue weighted by atomic mass is 16.5. The van der Waals surface area contributed by atoms with Gasteiger partial charge < -0.3 is 14.1 Å². The maximum atomic E-state index is 6.09. The SMILES string of the molecule is CC1CN(c2nc3ccccc3o2)CC(c2ccccc2)O1. The van der Waals surface area contributed by atoms with Crippen molar-refractivity contribution in [2.24, 2.45) is 0 Å². The molecular weight excluding hydrogens is 276 g/mol. The van der Waals surface area contributed by atoms with E-state index in [1.165, 1.54) is 5.56 Å². The highest BCUT2D eigenvalue weighted by molar-refractivity contribution is 5.74. The average Bonchev–Trinajstić information content (AvgIpc) is 2.99. The number of para-hydroxylation sites is 2. The van der Waals surface area contributed by atoms with Crippen LogP contribution in [-0.2, 0) is 4.74 Å². The second kappa shape index (κ2) is 5.46. The van der Waals surface area contributed by atoms with Crippen molar-refractivity contribution in [2.45, 2.75) is 19.1 Å². The summed E-state index contributed by atoms with van der Waals surface area (Å²) >= 11 is 0. The first-order chi connectivity index (χ1) is 10.8. The summed E-state index contributed by atoms with van der Waals surface area (Å²) in [7, 11) is 0. The van der Waals surface area contributed by atoms with Crippen LogP contribution < -0.4 is 4.90 Å². The first-order valence-electron chi connectivity index (χ1n) is 7.60. The fourth-order valence-electron chi connectivity index (χ4n) is 2.95. The molecule has 0 saturated carbocycles. The molecule has 4 nitrogen and oxygen atoms in total. The highest BCUT2D eigenvalue weighted by Gasteiger charge is 2.29. The summed E-state index contributed by atoms with van der Waals surface area (Å²) < 4.78 is 12.0. The van der Waals surface area contributed by atoms with Gasteiger partial charge in [0.05, 0.1) is 12.6 Å². The molecule has 1 aliphatic heterocycles. The van der Waals surface area contributed by atoms with E-state index in [0.717, 1.165) is 24.2 Å². The average molecular weight is 294 g/mol. The molecule has 0 spiro atoms. The van der Waals surface area contributed by atoms with Gasteiger partial charge in [-0.2, -0.15) is 4.98 Å². The van der Waals surface area contributed by atoms with Crippen molar-refractivity contribution < 1.29 is 9.15 Å². The second-order valence-corrected chi connectivity index (χ2v) is 5.72. The fourth-order valence-corrected chi connectivity index (χ4v) is 2.95. The topological polar surface area (TPSA) is 38.5 Å². The van der Waals surface area contributed by atoms with Crippen LogP contribution in [0.15, 0.2) is 59.0 Å². The van der Waals surface area contributed by atoms with E-state index < -0.39 is 0 Å². The summed E-state index contributed by atoms with van der Waals surface area (Å²) in [5.41, 5.74) is 2.91. The Morgan fingerprint density at radius 1 is 1.00 bits per heavy atom. The molecule has 0 amide bonds. The molecule has 2 atom stereocenters. The number of hydrogen-bond donors (Lipinski definition) is 0. The van der Waals surface area contributed by atoms with Crippen molar-refractivity contribution in [2.75, 3.05) is 18.0 Å². The van der Waals surface area contributed by atoms with Gasteiger partial charge in [-0.05, 0) is 24.6 Å². The summed E-state index contributed by atoms with van der Waals surface area (Å²) in [6.45, 7) is 3.63.